The molecule has 144 valence electrons. The Hall–Kier alpha value is -2.93. The van der Waals surface area contributed by atoms with Gasteiger partial charge in [-0.2, -0.15) is 0 Å². The van der Waals surface area contributed by atoms with E-state index in [2.05, 4.69) is 20.8 Å². The number of aromatic nitrogens is 2. The van der Waals surface area contributed by atoms with Crippen LogP contribution in [0.2, 0.25) is 0 Å². The number of halogens is 1. The minimum atomic E-state index is -0.258. The summed E-state index contributed by atoms with van der Waals surface area (Å²) in [5, 5.41) is 15.0. The molecule has 0 saturated carbocycles. The average Bonchev–Trinajstić information content (AvgIpc) is 2.70. The average molecular weight is 396 g/mol. The zero-order valence-electron chi connectivity index (χ0n) is 15.7. The number of hydrogen-bond acceptors (Lipinski definition) is 5. The summed E-state index contributed by atoms with van der Waals surface area (Å²) in [5.41, 5.74) is 3.88. The fourth-order valence-electron chi connectivity index (χ4n) is 2.61. The van der Waals surface area contributed by atoms with Gasteiger partial charge in [-0.25, -0.2) is 4.39 Å². The van der Waals surface area contributed by atoms with Crippen LogP contribution in [0.4, 0.5) is 15.9 Å². The number of carbonyl (C=O) groups excluding carboxylic acids is 1. The van der Waals surface area contributed by atoms with E-state index in [9.17, 15) is 9.18 Å². The van der Waals surface area contributed by atoms with Crippen LogP contribution in [0, 0.1) is 19.7 Å². The van der Waals surface area contributed by atoms with Crippen molar-refractivity contribution in [2.24, 2.45) is 0 Å². The van der Waals surface area contributed by atoms with E-state index in [4.69, 9.17) is 0 Å². The van der Waals surface area contributed by atoms with Crippen LogP contribution in [-0.2, 0) is 11.3 Å². The van der Waals surface area contributed by atoms with Crippen molar-refractivity contribution in [2.75, 3.05) is 16.4 Å². The molecule has 28 heavy (non-hydrogen) atoms. The Kier molecular flexibility index (Phi) is 6.60. The lowest BCUT2D eigenvalue weighted by molar-refractivity contribution is -0.113. The van der Waals surface area contributed by atoms with Crippen LogP contribution >= 0.6 is 11.8 Å². The molecule has 1 heterocycles. The molecule has 2 N–H and O–H groups in total. The number of anilines is 2. The van der Waals surface area contributed by atoms with Gasteiger partial charge in [-0.3, -0.25) is 4.79 Å². The highest BCUT2D eigenvalue weighted by Crippen LogP contribution is 2.21. The molecule has 0 atom stereocenters. The van der Waals surface area contributed by atoms with Gasteiger partial charge in [0, 0.05) is 12.2 Å². The third-order valence-electron chi connectivity index (χ3n) is 4.12. The van der Waals surface area contributed by atoms with E-state index in [0.29, 0.717) is 17.4 Å². The van der Waals surface area contributed by atoms with E-state index >= 15 is 0 Å². The minimum absolute atomic E-state index is 0.0808. The van der Waals surface area contributed by atoms with Gasteiger partial charge in [0.2, 0.25) is 5.91 Å². The predicted octanol–water partition coefficient (Wildman–Crippen LogP) is 4.58. The molecule has 0 bridgehead atoms. The summed E-state index contributed by atoms with van der Waals surface area (Å²) < 4.78 is 12.9. The highest BCUT2D eigenvalue weighted by molar-refractivity contribution is 7.99. The van der Waals surface area contributed by atoms with Crippen molar-refractivity contribution in [1.82, 2.24) is 10.2 Å². The largest absolute Gasteiger partial charge is 0.365 e. The van der Waals surface area contributed by atoms with Gasteiger partial charge in [0.15, 0.2) is 0 Å². The third-order valence-corrected chi connectivity index (χ3v) is 5.04. The maximum Gasteiger partial charge on any atom is 0.234 e. The van der Waals surface area contributed by atoms with E-state index in [1.54, 1.807) is 12.1 Å². The first kappa shape index (κ1) is 19.8. The van der Waals surface area contributed by atoms with Crippen LogP contribution in [0.25, 0.3) is 0 Å². The van der Waals surface area contributed by atoms with Crippen LogP contribution < -0.4 is 10.6 Å². The van der Waals surface area contributed by atoms with Crippen molar-refractivity contribution in [3.63, 3.8) is 0 Å². The molecular weight excluding hydrogens is 375 g/mol. The first-order valence-electron chi connectivity index (χ1n) is 8.82. The molecule has 3 aromatic rings. The van der Waals surface area contributed by atoms with Crippen molar-refractivity contribution >= 4 is 29.2 Å². The second-order valence-corrected chi connectivity index (χ2v) is 7.34. The fourth-order valence-corrected chi connectivity index (χ4v) is 3.23. The summed E-state index contributed by atoms with van der Waals surface area (Å²) >= 11 is 1.33. The van der Waals surface area contributed by atoms with Crippen LogP contribution in [0.3, 0.4) is 0 Å². The monoisotopic (exact) mass is 396 g/mol. The summed E-state index contributed by atoms with van der Waals surface area (Å²) in [7, 11) is 0. The number of carbonyl (C=O) groups is 1. The van der Waals surface area contributed by atoms with Gasteiger partial charge in [0.1, 0.15) is 16.7 Å². The Morgan fingerprint density at radius 2 is 1.71 bits per heavy atom. The number of nitrogens with one attached hydrogen (secondary N) is 2. The molecule has 0 spiro atoms. The number of benzene rings is 2. The first-order chi connectivity index (χ1) is 13.5. The van der Waals surface area contributed by atoms with Gasteiger partial charge in [0.05, 0.1) is 5.75 Å². The molecule has 0 saturated heterocycles. The smallest absolute Gasteiger partial charge is 0.234 e. The van der Waals surface area contributed by atoms with E-state index in [0.717, 1.165) is 22.4 Å². The predicted molar refractivity (Wildman–Crippen MR) is 111 cm³/mol. The summed E-state index contributed by atoms with van der Waals surface area (Å²) in [5.74, 6) is 0.535. The number of para-hydroxylation sites is 1. The third kappa shape index (κ3) is 5.53. The summed E-state index contributed by atoms with van der Waals surface area (Å²) in [6.07, 6.45) is 0. The Bertz CT molecular complexity index is 925. The van der Waals surface area contributed by atoms with Gasteiger partial charge in [0.25, 0.3) is 0 Å². The number of rotatable bonds is 7. The van der Waals surface area contributed by atoms with E-state index < -0.39 is 0 Å². The summed E-state index contributed by atoms with van der Waals surface area (Å²) in [4.78, 5) is 12.2. The Balaban J connectivity index is 1.48. The molecule has 0 fully saturated rings. The van der Waals surface area contributed by atoms with Gasteiger partial charge < -0.3 is 10.6 Å². The summed E-state index contributed by atoms with van der Waals surface area (Å²) in [6, 6.07) is 15.8. The van der Waals surface area contributed by atoms with E-state index in [1.165, 1.54) is 23.9 Å². The molecule has 5 nitrogen and oxygen atoms in total. The quantitative estimate of drug-likeness (QED) is 0.573. The van der Waals surface area contributed by atoms with Gasteiger partial charge >= 0.3 is 0 Å². The zero-order valence-corrected chi connectivity index (χ0v) is 16.5. The number of hydrogen-bond donors (Lipinski definition) is 2. The number of amides is 1. The number of aryl methyl sites for hydroxylation is 2. The Morgan fingerprint density at radius 3 is 2.36 bits per heavy atom. The van der Waals surface area contributed by atoms with Crippen molar-refractivity contribution in [3.05, 3.63) is 77.1 Å². The molecule has 0 aliphatic carbocycles. The molecular formula is C21H21FN4OS. The fraction of sp³-hybridized carbons (Fsp3) is 0.190. The lowest BCUT2D eigenvalue weighted by atomic mass is 10.1. The molecule has 7 heteroatoms. The highest BCUT2D eigenvalue weighted by atomic mass is 32.2. The van der Waals surface area contributed by atoms with Crippen LogP contribution in [0.15, 0.2) is 59.6 Å². The zero-order chi connectivity index (χ0) is 19.9. The molecule has 0 radical (unpaired) electrons. The number of thioether (sulfide) groups is 1. The SMILES string of the molecule is Cc1cccc(C)c1NC(=O)CSc1ccc(NCc2ccc(F)cc2)nn1. The van der Waals surface area contributed by atoms with Gasteiger partial charge in [-0.1, -0.05) is 42.1 Å². The molecule has 1 aromatic heterocycles. The summed E-state index contributed by atoms with van der Waals surface area (Å²) in [6.45, 7) is 4.47. The van der Waals surface area contributed by atoms with Crippen LogP contribution in [0.5, 0.6) is 0 Å². The van der Waals surface area contributed by atoms with E-state index in [1.807, 2.05) is 44.2 Å². The molecule has 2 aromatic carbocycles. The highest BCUT2D eigenvalue weighted by Gasteiger charge is 2.09. The second-order valence-electron chi connectivity index (χ2n) is 6.34. The van der Waals surface area contributed by atoms with Crippen LogP contribution in [0.1, 0.15) is 16.7 Å². The molecule has 3 rings (SSSR count). The lowest BCUT2D eigenvalue weighted by Crippen LogP contribution is -2.15. The van der Waals surface area contributed by atoms with Crippen LogP contribution in [-0.4, -0.2) is 21.9 Å². The van der Waals surface area contributed by atoms with Crippen molar-refractivity contribution in [3.8, 4) is 0 Å². The lowest BCUT2D eigenvalue weighted by Gasteiger charge is -2.11. The maximum absolute atomic E-state index is 12.9. The second kappa shape index (κ2) is 9.32. The van der Waals surface area contributed by atoms with Crippen molar-refractivity contribution in [1.29, 1.82) is 0 Å². The molecule has 0 unspecified atom stereocenters. The molecule has 0 aliphatic heterocycles. The van der Waals surface area contributed by atoms with Crippen molar-refractivity contribution < 1.29 is 9.18 Å². The van der Waals surface area contributed by atoms with Gasteiger partial charge in [-0.05, 0) is 54.8 Å². The minimum Gasteiger partial charge on any atom is -0.365 e. The Morgan fingerprint density at radius 1 is 1.00 bits per heavy atom. The standard InChI is InChI=1S/C21H21FN4OS/c1-14-4-3-5-15(2)21(14)24-19(27)13-28-20-11-10-18(25-26-20)23-12-16-6-8-17(22)9-7-16/h3-11H,12-13H2,1-2H3,(H,23,25)(H,24,27). The Labute approximate surface area is 167 Å². The normalized spacial score (nSPS) is 10.5. The number of nitrogens with zero attached hydrogens (tertiary/aromatic N) is 2. The first-order valence-corrected chi connectivity index (χ1v) is 9.81. The molecule has 0 aliphatic rings. The maximum atomic E-state index is 12.9. The molecule has 1 amide bonds. The van der Waals surface area contributed by atoms with Gasteiger partial charge in [-0.15, -0.1) is 10.2 Å². The topological polar surface area (TPSA) is 66.9 Å². The van der Waals surface area contributed by atoms with E-state index in [-0.39, 0.29) is 17.5 Å². The van der Waals surface area contributed by atoms with Crippen molar-refractivity contribution in [2.45, 2.75) is 25.4 Å².